The molecule has 2 fully saturated rings. The standard InChI is InChI=1S/C24H27BrN2O4/c1-24(2)30-20(22(28)26-15-16-10-12-18(25)13-11-16)21(31-24)23(29)27-14-6-9-19(27)17-7-4-3-5-8-17/h3-5,7-8,10-13,19-21H,6,9,14-15H2,1-2H3,(H,26,28)/t19?,20?,21-/m1/s1. The van der Waals surface area contributed by atoms with Crippen molar-refractivity contribution < 1.29 is 19.1 Å². The van der Waals surface area contributed by atoms with Crippen LogP contribution in [0.15, 0.2) is 59.1 Å². The maximum absolute atomic E-state index is 13.5. The lowest BCUT2D eigenvalue weighted by Crippen LogP contribution is -2.49. The minimum atomic E-state index is -1.01. The lowest BCUT2D eigenvalue weighted by molar-refractivity contribution is -0.163. The number of likely N-dealkylation sites (tertiary alicyclic amines) is 1. The predicted molar refractivity (Wildman–Crippen MR) is 120 cm³/mol. The first kappa shape index (κ1) is 22.0. The minimum Gasteiger partial charge on any atom is -0.350 e. The van der Waals surface area contributed by atoms with Crippen LogP contribution in [-0.4, -0.2) is 41.3 Å². The van der Waals surface area contributed by atoms with Gasteiger partial charge in [-0.15, -0.1) is 0 Å². The quantitative estimate of drug-likeness (QED) is 0.694. The fraction of sp³-hybridized carbons (Fsp3) is 0.417. The highest BCUT2D eigenvalue weighted by molar-refractivity contribution is 9.10. The van der Waals surface area contributed by atoms with Crippen LogP contribution in [-0.2, 0) is 25.6 Å². The summed E-state index contributed by atoms with van der Waals surface area (Å²) in [7, 11) is 0. The maximum atomic E-state index is 13.5. The molecule has 164 valence electrons. The Hall–Kier alpha value is -2.22. The molecule has 3 atom stereocenters. The molecule has 31 heavy (non-hydrogen) atoms. The molecular formula is C24H27BrN2O4. The van der Waals surface area contributed by atoms with E-state index in [9.17, 15) is 9.59 Å². The molecule has 0 spiro atoms. The normalized spacial score (nSPS) is 24.9. The molecule has 4 rings (SSSR count). The number of ether oxygens (including phenoxy) is 2. The van der Waals surface area contributed by atoms with Crippen molar-refractivity contribution in [1.29, 1.82) is 0 Å². The van der Waals surface area contributed by atoms with Gasteiger partial charge >= 0.3 is 0 Å². The molecule has 0 bridgehead atoms. The van der Waals surface area contributed by atoms with Gasteiger partial charge in [-0.2, -0.15) is 0 Å². The molecule has 2 aromatic rings. The molecule has 0 aliphatic carbocycles. The second-order valence-electron chi connectivity index (χ2n) is 8.42. The van der Waals surface area contributed by atoms with Crippen LogP contribution in [0.4, 0.5) is 0 Å². The number of amides is 2. The van der Waals surface area contributed by atoms with Crippen molar-refractivity contribution in [1.82, 2.24) is 10.2 Å². The number of benzene rings is 2. The summed E-state index contributed by atoms with van der Waals surface area (Å²) in [6.45, 7) is 4.46. The summed E-state index contributed by atoms with van der Waals surface area (Å²) < 4.78 is 12.8. The highest BCUT2D eigenvalue weighted by Crippen LogP contribution is 2.36. The summed E-state index contributed by atoms with van der Waals surface area (Å²) in [5, 5.41) is 2.89. The molecule has 2 saturated heterocycles. The monoisotopic (exact) mass is 486 g/mol. The van der Waals surface area contributed by atoms with E-state index in [0.29, 0.717) is 13.1 Å². The van der Waals surface area contributed by atoms with Gasteiger partial charge in [0.05, 0.1) is 6.04 Å². The Labute approximate surface area is 191 Å². The number of nitrogens with one attached hydrogen (secondary N) is 1. The van der Waals surface area contributed by atoms with Crippen LogP contribution in [0.2, 0.25) is 0 Å². The first-order valence-corrected chi connectivity index (χ1v) is 11.4. The molecule has 0 saturated carbocycles. The van der Waals surface area contributed by atoms with Crippen LogP contribution >= 0.6 is 15.9 Å². The SMILES string of the molecule is CC1(C)OC(C(=O)NCc2ccc(Br)cc2)[C@H](C(=O)N2CCCC2c2ccccc2)O1. The second kappa shape index (κ2) is 9.10. The summed E-state index contributed by atoms with van der Waals surface area (Å²) >= 11 is 3.40. The smallest absolute Gasteiger partial charge is 0.255 e. The van der Waals surface area contributed by atoms with E-state index in [1.54, 1.807) is 13.8 Å². The van der Waals surface area contributed by atoms with Crippen LogP contribution < -0.4 is 5.32 Å². The topological polar surface area (TPSA) is 67.9 Å². The molecule has 7 heteroatoms. The van der Waals surface area contributed by atoms with E-state index in [2.05, 4.69) is 21.2 Å². The van der Waals surface area contributed by atoms with Gasteiger partial charge in [0.2, 0.25) is 0 Å². The van der Waals surface area contributed by atoms with Crippen molar-refractivity contribution in [2.75, 3.05) is 6.54 Å². The van der Waals surface area contributed by atoms with Gasteiger partial charge in [-0.3, -0.25) is 9.59 Å². The van der Waals surface area contributed by atoms with Crippen molar-refractivity contribution in [3.8, 4) is 0 Å². The van der Waals surface area contributed by atoms with Crippen molar-refractivity contribution in [3.05, 3.63) is 70.2 Å². The van der Waals surface area contributed by atoms with Gasteiger partial charge < -0.3 is 19.7 Å². The van der Waals surface area contributed by atoms with Gasteiger partial charge in [0.25, 0.3) is 11.8 Å². The summed E-state index contributed by atoms with van der Waals surface area (Å²) in [5.41, 5.74) is 2.06. The van der Waals surface area contributed by atoms with Crippen LogP contribution in [0, 0.1) is 0 Å². The van der Waals surface area contributed by atoms with E-state index in [1.165, 1.54) is 0 Å². The number of rotatable bonds is 5. The fourth-order valence-corrected chi connectivity index (χ4v) is 4.51. The van der Waals surface area contributed by atoms with Gasteiger partial charge in [-0.05, 0) is 49.9 Å². The van der Waals surface area contributed by atoms with Crippen LogP contribution in [0.25, 0.3) is 0 Å². The Morgan fingerprint density at radius 1 is 1.06 bits per heavy atom. The third-order valence-corrected chi connectivity index (χ3v) is 6.23. The van der Waals surface area contributed by atoms with Crippen LogP contribution in [0.5, 0.6) is 0 Å². The fourth-order valence-electron chi connectivity index (χ4n) is 4.24. The average Bonchev–Trinajstić information content (AvgIpc) is 3.37. The predicted octanol–water partition coefficient (Wildman–Crippen LogP) is 3.95. The van der Waals surface area contributed by atoms with E-state index in [1.807, 2.05) is 59.5 Å². The first-order valence-electron chi connectivity index (χ1n) is 10.6. The molecule has 2 amide bonds. The number of halogens is 1. The number of hydrogen-bond donors (Lipinski definition) is 1. The Bertz CT molecular complexity index is 932. The van der Waals surface area contributed by atoms with E-state index in [0.717, 1.165) is 28.4 Å². The van der Waals surface area contributed by atoms with E-state index < -0.39 is 18.0 Å². The summed E-state index contributed by atoms with van der Waals surface area (Å²) in [6, 6.07) is 17.7. The zero-order valence-corrected chi connectivity index (χ0v) is 19.3. The highest BCUT2D eigenvalue weighted by atomic mass is 79.9. The van der Waals surface area contributed by atoms with Crippen LogP contribution in [0.1, 0.15) is 43.9 Å². The minimum absolute atomic E-state index is 0.00695. The molecule has 2 aliphatic heterocycles. The Kier molecular flexibility index (Phi) is 6.46. The molecule has 2 aromatic carbocycles. The second-order valence-corrected chi connectivity index (χ2v) is 9.34. The van der Waals surface area contributed by atoms with Gasteiger partial charge in [0.1, 0.15) is 0 Å². The lowest BCUT2D eigenvalue weighted by atomic mass is 10.0. The average molecular weight is 487 g/mol. The van der Waals surface area contributed by atoms with E-state index in [-0.39, 0.29) is 17.9 Å². The molecule has 0 aromatic heterocycles. The number of carbonyl (C=O) groups is 2. The van der Waals surface area contributed by atoms with Gasteiger partial charge in [0, 0.05) is 17.6 Å². The third-order valence-electron chi connectivity index (χ3n) is 5.70. The maximum Gasteiger partial charge on any atom is 0.255 e. The largest absolute Gasteiger partial charge is 0.350 e. The van der Waals surface area contributed by atoms with Gasteiger partial charge in [0.15, 0.2) is 18.0 Å². The molecule has 2 unspecified atom stereocenters. The third kappa shape index (κ3) is 5.00. The van der Waals surface area contributed by atoms with Crippen LogP contribution in [0.3, 0.4) is 0 Å². The zero-order chi connectivity index (χ0) is 22.0. The Morgan fingerprint density at radius 3 is 2.45 bits per heavy atom. The molecule has 2 aliphatic rings. The molecular weight excluding hydrogens is 460 g/mol. The van der Waals surface area contributed by atoms with Gasteiger partial charge in [-0.1, -0.05) is 58.4 Å². The molecule has 1 N–H and O–H groups in total. The van der Waals surface area contributed by atoms with Crippen molar-refractivity contribution in [2.24, 2.45) is 0 Å². The number of nitrogens with zero attached hydrogens (tertiary/aromatic N) is 1. The van der Waals surface area contributed by atoms with Gasteiger partial charge in [-0.25, -0.2) is 0 Å². The summed E-state index contributed by atoms with van der Waals surface area (Å²) in [4.78, 5) is 28.3. The van der Waals surface area contributed by atoms with Crippen molar-refractivity contribution in [2.45, 2.75) is 57.3 Å². The number of carbonyl (C=O) groups excluding carboxylic acids is 2. The molecule has 6 nitrogen and oxygen atoms in total. The Morgan fingerprint density at radius 2 is 1.74 bits per heavy atom. The zero-order valence-electron chi connectivity index (χ0n) is 17.7. The molecule has 2 heterocycles. The first-order chi connectivity index (χ1) is 14.8. The number of hydrogen-bond acceptors (Lipinski definition) is 4. The summed E-state index contributed by atoms with van der Waals surface area (Å²) in [6.07, 6.45) is -0.144. The molecule has 0 radical (unpaired) electrons. The lowest BCUT2D eigenvalue weighted by Gasteiger charge is -2.28. The van der Waals surface area contributed by atoms with E-state index in [4.69, 9.17) is 9.47 Å². The Balaban J connectivity index is 1.48. The van der Waals surface area contributed by atoms with E-state index >= 15 is 0 Å². The summed E-state index contributed by atoms with van der Waals surface area (Å²) in [5.74, 6) is -1.55. The highest BCUT2D eigenvalue weighted by Gasteiger charge is 2.51. The van der Waals surface area contributed by atoms with Crippen molar-refractivity contribution >= 4 is 27.7 Å². The van der Waals surface area contributed by atoms with Crippen molar-refractivity contribution in [3.63, 3.8) is 0 Å².